The van der Waals surface area contributed by atoms with Crippen LogP contribution in [0.5, 0.6) is 0 Å². The second kappa shape index (κ2) is 6.63. The quantitative estimate of drug-likeness (QED) is 0.856. The first kappa shape index (κ1) is 18.2. The Kier molecular flexibility index (Phi) is 4.65. The van der Waals surface area contributed by atoms with Crippen LogP contribution < -0.4 is 0 Å². The van der Waals surface area contributed by atoms with Crippen molar-refractivity contribution in [1.29, 1.82) is 0 Å². The summed E-state index contributed by atoms with van der Waals surface area (Å²) in [5.74, 6) is -0.936. The first-order chi connectivity index (χ1) is 12.2. The number of carbonyl (C=O) groups is 2. The van der Waals surface area contributed by atoms with Crippen molar-refractivity contribution in [2.24, 2.45) is 0 Å². The zero-order valence-corrected chi connectivity index (χ0v) is 15.5. The molecule has 0 spiro atoms. The van der Waals surface area contributed by atoms with Crippen molar-refractivity contribution in [3.8, 4) is 0 Å². The third-order valence-corrected chi connectivity index (χ3v) is 4.97. The van der Waals surface area contributed by atoms with Gasteiger partial charge in [-0.25, -0.2) is 9.59 Å². The highest BCUT2D eigenvalue weighted by Crippen LogP contribution is 2.46. The molecule has 5 heteroatoms. The van der Waals surface area contributed by atoms with Crippen molar-refractivity contribution < 1.29 is 19.4 Å². The number of nitrogens with zero attached hydrogens (tertiary/aromatic N) is 1. The zero-order chi connectivity index (χ0) is 18.9. The van der Waals surface area contributed by atoms with E-state index in [0.717, 1.165) is 36.9 Å². The van der Waals surface area contributed by atoms with Crippen LogP contribution in [0.2, 0.25) is 0 Å². The average Bonchev–Trinajstić information content (AvgIpc) is 3.23. The molecule has 1 aliphatic rings. The van der Waals surface area contributed by atoms with E-state index in [0.29, 0.717) is 0 Å². The summed E-state index contributed by atoms with van der Waals surface area (Å²) in [5, 5.41) is 9.15. The molecule has 26 heavy (non-hydrogen) atoms. The average molecular weight is 355 g/mol. The van der Waals surface area contributed by atoms with Crippen molar-refractivity contribution in [2.45, 2.75) is 57.5 Å². The Morgan fingerprint density at radius 1 is 1.08 bits per heavy atom. The number of hydrogen-bond donors (Lipinski definition) is 1. The molecule has 2 aromatic rings. The first-order valence-corrected chi connectivity index (χ1v) is 8.98. The van der Waals surface area contributed by atoms with E-state index >= 15 is 0 Å². The van der Waals surface area contributed by atoms with E-state index < -0.39 is 11.6 Å². The van der Waals surface area contributed by atoms with E-state index in [4.69, 9.17) is 9.84 Å². The van der Waals surface area contributed by atoms with Crippen LogP contribution >= 0.6 is 0 Å². The minimum absolute atomic E-state index is 0.268. The van der Waals surface area contributed by atoms with Gasteiger partial charge in [0.1, 0.15) is 5.60 Å². The van der Waals surface area contributed by atoms with Gasteiger partial charge < -0.3 is 9.84 Å². The summed E-state index contributed by atoms with van der Waals surface area (Å²) in [6.07, 6.45) is 5.35. The Morgan fingerprint density at radius 3 is 2.23 bits per heavy atom. The van der Waals surface area contributed by atoms with Crippen LogP contribution in [-0.4, -0.2) is 27.3 Å². The fourth-order valence-corrected chi connectivity index (χ4v) is 3.84. The van der Waals surface area contributed by atoms with Crippen molar-refractivity contribution in [3.05, 3.63) is 59.4 Å². The van der Waals surface area contributed by atoms with Gasteiger partial charge in [-0.1, -0.05) is 25.0 Å². The molecule has 0 saturated heterocycles. The maximum absolute atomic E-state index is 12.7. The molecule has 1 heterocycles. The molecule has 1 saturated carbocycles. The third kappa shape index (κ3) is 3.39. The summed E-state index contributed by atoms with van der Waals surface area (Å²) in [5.41, 5.74) is 1.36. The number of benzene rings is 1. The van der Waals surface area contributed by atoms with E-state index in [1.807, 2.05) is 45.0 Å². The van der Waals surface area contributed by atoms with Crippen LogP contribution in [0.25, 0.3) is 0 Å². The maximum Gasteiger partial charge on any atom is 0.418 e. The fourth-order valence-electron chi connectivity index (χ4n) is 3.84. The molecule has 1 aromatic carbocycles. The van der Waals surface area contributed by atoms with Crippen molar-refractivity contribution >= 4 is 12.1 Å². The van der Waals surface area contributed by atoms with Crippen LogP contribution in [-0.2, 0) is 10.2 Å². The van der Waals surface area contributed by atoms with Gasteiger partial charge in [-0.15, -0.1) is 0 Å². The molecule has 1 aromatic heterocycles. The monoisotopic (exact) mass is 355 g/mol. The molecule has 0 radical (unpaired) electrons. The molecule has 5 nitrogen and oxygen atoms in total. The highest BCUT2D eigenvalue weighted by molar-refractivity contribution is 5.87. The second-order valence-corrected chi connectivity index (χ2v) is 7.92. The smallest absolute Gasteiger partial charge is 0.418 e. The van der Waals surface area contributed by atoms with Crippen LogP contribution in [0.1, 0.15) is 68.1 Å². The summed E-state index contributed by atoms with van der Waals surface area (Å²) in [4.78, 5) is 23.8. The molecule has 1 fully saturated rings. The molecular weight excluding hydrogens is 330 g/mol. The highest BCUT2D eigenvalue weighted by atomic mass is 16.6. The third-order valence-electron chi connectivity index (χ3n) is 4.97. The summed E-state index contributed by atoms with van der Waals surface area (Å²) >= 11 is 0. The van der Waals surface area contributed by atoms with E-state index in [1.54, 1.807) is 22.9 Å². The van der Waals surface area contributed by atoms with Gasteiger partial charge in [-0.05, 0) is 63.4 Å². The van der Waals surface area contributed by atoms with E-state index in [-0.39, 0.29) is 17.1 Å². The van der Waals surface area contributed by atoms with Gasteiger partial charge in [-0.2, -0.15) is 0 Å². The number of carbonyl (C=O) groups excluding carboxylic acids is 1. The summed E-state index contributed by atoms with van der Waals surface area (Å²) in [6, 6.07) is 10.9. The fraction of sp³-hybridized carbons (Fsp3) is 0.429. The first-order valence-electron chi connectivity index (χ1n) is 8.98. The van der Waals surface area contributed by atoms with Crippen LogP contribution in [0.15, 0.2) is 42.6 Å². The van der Waals surface area contributed by atoms with Crippen LogP contribution in [0, 0.1) is 0 Å². The van der Waals surface area contributed by atoms with Gasteiger partial charge in [0, 0.05) is 17.3 Å². The lowest BCUT2D eigenvalue weighted by molar-refractivity contribution is 0.0527. The lowest BCUT2D eigenvalue weighted by Crippen LogP contribution is -2.33. The molecular formula is C21H25NO4. The Bertz CT molecular complexity index is 805. The predicted molar refractivity (Wildman–Crippen MR) is 98.7 cm³/mol. The Morgan fingerprint density at radius 2 is 1.69 bits per heavy atom. The standard InChI is InChI=1S/C21H25NO4/c1-20(2,3)26-19(25)22-14-6-7-17(22)21(12-4-5-13-21)16-10-8-15(9-11-16)18(23)24/h6-11,14H,4-5,12-13H2,1-3H3,(H,23,24). The van der Waals surface area contributed by atoms with Crippen molar-refractivity contribution in [2.75, 3.05) is 0 Å². The minimum Gasteiger partial charge on any atom is -0.478 e. The van der Waals surface area contributed by atoms with Gasteiger partial charge in [0.2, 0.25) is 0 Å². The summed E-state index contributed by atoms with van der Waals surface area (Å²) < 4.78 is 7.16. The lowest BCUT2D eigenvalue weighted by atomic mass is 9.75. The number of carboxylic acids is 1. The lowest BCUT2D eigenvalue weighted by Gasteiger charge is -2.31. The number of carboxylic acid groups (broad SMARTS) is 1. The van der Waals surface area contributed by atoms with Crippen molar-refractivity contribution in [3.63, 3.8) is 0 Å². The summed E-state index contributed by atoms with van der Waals surface area (Å²) in [6.45, 7) is 5.55. The van der Waals surface area contributed by atoms with Gasteiger partial charge >= 0.3 is 12.1 Å². The largest absolute Gasteiger partial charge is 0.478 e. The molecule has 0 unspecified atom stereocenters. The van der Waals surface area contributed by atoms with Gasteiger partial charge in [0.05, 0.1) is 5.56 Å². The SMILES string of the molecule is CC(C)(C)OC(=O)n1cccc1C1(c2ccc(C(=O)O)cc2)CCCC1. The predicted octanol–water partition coefficient (Wildman–Crippen LogP) is 4.83. The number of rotatable bonds is 3. The van der Waals surface area contributed by atoms with E-state index in [9.17, 15) is 9.59 Å². The Balaban J connectivity index is 2.03. The van der Waals surface area contributed by atoms with Gasteiger partial charge in [0.15, 0.2) is 0 Å². The molecule has 1 aliphatic carbocycles. The Labute approximate surface area is 153 Å². The zero-order valence-electron chi connectivity index (χ0n) is 15.5. The second-order valence-electron chi connectivity index (χ2n) is 7.92. The number of hydrogen-bond acceptors (Lipinski definition) is 3. The topological polar surface area (TPSA) is 68.5 Å². The normalized spacial score (nSPS) is 16.4. The molecule has 0 aliphatic heterocycles. The van der Waals surface area contributed by atoms with Gasteiger partial charge in [-0.3, -0.25) is 4.57 Å². The maximum atomic E-state index is 12.7. The van der Waals surface area contributed by atoms with E-state index in [2.05, 4.69) is 0 Å². The number of ether oxygens (including phenoxy) is 1. The molecule has 3 rings (SSSR count). The number of aromatic nitrogens is 1. The molecule has 0 bridgehead atoms. The molecule has 1 N–H and O–H groups in total. The highest BCUT2D eigenvalue weighted by Gasteiger charge is 2.40. The van der Waals surface area contributed by atoms with Crippen molar-refractivity contribution in [1.82, 2.24) is 4.57 Å². The van der Waals surface area contributed by atoms with Crippen LogP contribution in [0.3, 0.4) is 0 Å². The van der Waals surface area contributed by atoms with Gasteiger partial charge in [0.25, 0.3) is 0 Å². The summed E-state index contributed by atoms with van der Waals surface area (Å²) in [7, 11) is 0. The molecule has 0 atom stereocenters. The molecule has 138 valence electrons. The molecule has 0 amide bonds. The van der Waals surface area contributed by atoms with E-state index in [1.165, 1.54) is 0 Å². The Hall–Kier alpha value is -2.56. The number of aromatic carboxylic acids is 1. The minimum atomic E-state index is -0.936. The van der Waals surface area contributed by atoms with Crippen LogP contribution in [0.4, 0.5) is 4.79 Å².